The lowest BCUT2D eigenvalue weighted by molar-refractivity contribution is -0.274. The molecule has 1 aliphatic rings. The summed E-state index contributed by atoms with van der Waals surface area (Å²) in [5.74, 6) is -0.745. The second-order valence-electron chi connectivity index (χ2n) is 6.36. The van der Waals surface area contributed by atoms with E-state index in [1.807, 2.05) is 17.0 Å². The van der Waals surface area contributed by atoms with Gasteiger partial charge in [0.1, 0.15) is 18.1 Å². The monoisotopic (exact) mass is 381 g/mol. The van der Waals surface area contributed by atoms with Crippen molar-refractivity contribution < 1.29 is 32.5 Å². The van der Waals surface area contributed by atoms with E-state index in [9.17, 15) is 18.0 Å². The van der Waals surface area contributed by atoms with Gasteiger partial charge in [-0.3, -0.25) is 9.69 Å². The van der Waals surface area contributed by atoms with Crippen molar-refractivity contribution in [3.05, 3.63) is 59.7 Å². The number of carboxylic acids is 1. The van der Waals surface area contributed by atoms with Gasteiger partial charge in [0, 0.05) is 19.6 Å². The molecule has 0 aliphatic carbocycles. The first kappa shape index (κ1) is 19.0. The first-order valence-corrected chi connectivity index (χ1v) is 8.30. The van der Waals surface area contributed by atoms with Crippen LogP contribution >= 0.6 is 0 Å². The van der Waals surface area contributed by atoms with Crippen molar-refractivity contribution in [1.29, 1.82) is 0 Å². The topological polar surface area (TPSA) is 59.0 Å². The van der Waals surface area contributed by atoms with Gasteiger partial charge in [-0.25, -0.2) is 0 Å². The number of likely N-dealkylation sites (tertiary alicyclic amines) is 1. The molecule has 2 aromatic carbocycles. The third kappa shape index (κ3) is 5.62. The van der Waals surface area contributed by atoms with Gasteiger partial charge in [0.2, 0.25) is 0 Å². The van der Waals surface area contributed by atoms with Crippen LogP contribution in [0.25, 0.3) is 0 Å². The summed E-state index contributed by atoms with van der Waals surface area (Å²) in [5, 5.41) is 8.87. The quantitative estimate of drug-likeness (QED) is 0.793. The molecule has 5 nitrogen and oxygen atoms in total. The number of hydrogen-bond acceptors (Lipinski definition) is 4. The number of benzene rings is 2. The minimum absolute atomic E-state index is 0.112. The number of carboxylic acid groups (broad SMARTS) is 1. The summed E-state index contributed by atoms with van der Waals surface area (Å²) < 4.78 is 46.3. The summed E-state index contributed by atoms with van der Waals surface area (Å²) in [5.41, 5.74) is 1.59. The molecule has 1 fully saturated rings. The van der Waals surface area contributed by atoms with Crippen LogP contribution in [0.2, 0.25) is 0 Å². The molecule has 1 aliphatic heterocycles. The fraction of sp³-hybridized carbons (Fsp3) is 0.316. The Bertz CT molecular complexity index is 786. The Balaban J connectivity index is 1.49. The van der Waals surface area contributed by atoms with Crippen LogP contribution in [0.4, 0.5) is 13.2 Å². The highest BCUT2D eigenvalue weighted by molar-refractivity contribution is 5.71. The van der Waals surface area contributed by atoms with Crippen molar-refractivity contribution in [3.8, 4) is 11.5 Å². The van der Waals surface area contributed by atoms with Crippen LogP contribution < -0.4 is 9.47 Å². The van der Waals surface area contributed by atoms with Gasteiger partial charge in [0.25, 0.3) is 0 Å². The summed E-state index contributed by atoms with van der Waals surface area (Å²) in [6.07, 6.45) is -4.73. The average molecular weight is 381 g/mol. The zero-order valence-corrected chi connectivity index (χ0v) is 14.3. The SMILES string of the molecule is O=C(O)C1CN(Cc2ccc(OCc3cccc(OC(F)(F)F)c3)cc2)C1. The first-order chi connectivity index (χ1) is 12.8. The molecular formula is C19H18F3NO4. The Morgan fingerprint density at radius 3 is 2.41 bits per heavy atom. The minimum atomic E-state index is -4.73. The maximum absolute atomic E-state index is 12.3. The second kappa shape index (κ2) is 7.87. The number of nitrogens with zero attached hydrogens (tertiary/aromatic N) is 1. The van der Waals surface area contributed by atoms with Gasteiger partial charge < -0.3 is 14.6 Å². The van der Waals surface area contributed by atoms with E-state index in [1.165, 1.54) is 18.2 Å². The van der Waals surface area contributed by atoms with Gasteiger partial charge in [0.15, 0.2) is 0 Å². The zero-order chi connectivity index (χ0) is 19.4. The van der Waals surface area contributed by atoms with Gasteiger partial charge >= 0.3 is 12.3 Å². The highest BCUT2D eigenvalue weighted by Gasteiger charge is 2.32. The molecule has 1 N–H and O–H groups in total. The number of aliphatic carboxylic acids is 1. The van der Waals surface area contributed by atoms with E-state index in [1.54, 1.807) is 18.2 Å². The largest absolute Gasteiger partial charge is 0.573 e. The summed E-state index contributed by atoms with van der Waals surface area (Å²) in [7, 11) is 0. The summed E-state index contributed by atoms with van der Waals surface area (Å²) >= 11 is 0. The second-order valence-corrected chi connectivity index (χ2v) is 6.36. The Morgan fingerprint density at radius 1 is 1.07 bits per heavy atom. The van der Waals surface area contributed by atoms with Gasteiger partial charge in [-0.1, -0.05) is 24.3 Å². The van der Waals surface area contributed by atoms with Crippen molar-refractivity contribution >= 4 is 5.97 Å². The molecule has 0 saturated carbocycles. The van der Waals surface area contributed by atoms with E-state index in [0.717, 1.165) is 5.56 Å². The molecule has 144 valence electrons. The molecule has 1 heterocycles. The molecule has 2 aromatic rings. The third-order valence-electron chi connectivity index (χ3n) is 4.17. The smallest absolute Gasteiger partial charge is 0.489 e. The van der Waals surface area contributed by atoms with Crippen molar-refractivity contribution in [2.75, 3.05) is 13.1 Å². The molecule has 0 amide bonds. The maximum Gasteiger partial charge on any atom is 0.573 e. The fourth-order valence-electron chi connectivity index (χ4n) is 2.80. The predicted molar refractivity (Wildman–Crippen MR) is 90.3 cm³/mol. The summed E-state index contributed by atoms with van der Waals surface area (Å²) in [6, 6.07) is 13.0. The number of halogens is 3. The van der Waals surface area contributed by atoms with E-state index in [4.69, 9.17) is 9.84 Å². The number of carbonyl (C=O) groups is 1. The number of alkyl halides is 3. The average Bonchev–Trinajstić information content (AvgIpc) is 2.55. The molecular weight excluding hydrogens is 363 g/mol. The minimum Gasteiger partial charge on any atom is -0.489 e. The maximum atomic E-state index is 12.3. The molecule has 3 rings (SSSR count). The zero-order valence-electron chi connectivity index (χ0n) is 14.3. The predicted octanol–water partition coefficient (Wildman–Crippen LogP) is 3.68. The number of rotatable bonds is 7. The molecule has 0 aromatic heterocycles. The molecule has 1 saturated heterocycles. The van der Waals surface area contributed by atoms with Gasteiger partial charge in [0.05, 0.1) is 5.92 Å². The molecule has 0 atom stereocenters. The number of ether oxygens (including phenoxy) is 2. The Labute approximate surface area is 153 Å². The van der Waals surface area contributed by atoms with E-state index >= 15 is 0 Å². The van der Waals surface area contributed by atoms with Crippen LogP contribution in [-0.2, 0) is 17.9 Å². The van der Waals surface area contributed by atoms with Crippen molar-refractivity contribution in [3.63, 3.8) is 0 Å². The Hall–Kier alpha value is -2.74. The van der Waals surface area contributed by atoms with Crippen LogP contribution in [0.1, 0.15) is 11.1 Å². The van der Waals surface area contributed by atoms with Crippen molar-refractivity contribution in [2.45, 2.75) is 19.5 Å². The normalized spacial score (nSPS) is 15.2. The summed E-state index contributed by atoms with van der Waals surface area (Å²) in [6.45, 7) is 1.87. The van der Waals surface area contributed by atoms with E-state index < -0.39 is 12.3 Å². The van der Waals surface area contributed by atoms with E-state index in [2.05, 4.69) is 4.74 Å². The van der Waals surface area contributed by atoms with Crippen LogP contribution in [0, 0.1) is 5.92 Å². The van der Waals surface area contributed by atoms with Gasteiger partial charge in [-0.05, 0) is 35.4 Å². The molecule has 0 unspecified atom stereocenters. The Morgan fingerprint density at radius 2 is 1.78 bits per heavy atom. The van der Waals surface area contributed by atoms with Crippen LogP contribution in [0.5, 0.6) is 11.5 Å². The first-order valence-electron chi connectivity index (χ1n) is 8.30. The van der Waals surface area contributed by atoms with Gasteiger partial charge in [-0.15, -0.1) is 13.2 Å². The fourth-order valence-corrected chi connectivity index (χ4v) is 2.80. The lowest BCUT2D eigenvalue weighted by Crippen LogP contribution is -2.49. The lowest BCUT2D eigenvalue weighted by Gasteiger charge is -2.36. The molecule has 0 bridgehead atoms. The molecule has 0 spiro atoms. The number of hydrogen-bond donors (Lipinski definition) is 1. The third-order valence-corrected chi connectivity index (χ3v) is 4.17. The van der Waals surface area contributed by atoms with E-state index in [0.29, 0.717) is 30.9 Å². The van der Waals surface area contributed by atoms with Crippen LogP contribution in [0.15, 0.2) is 48.5 Å². The lowest BCUT2D eigenvalue weighted by atomic mass is 10.00. The van der Waals surface area contributed by atoms with Crippen molar-refractivity contribution in [2.24, 2.45) is 5.92 Å². The van der Waals surface area contributed by atoms with Crippen molar-refractivity contribution in [1.82, 2.24) is 4.90 Å². The highest BCUT2D eigenvalue weighted by Crippen LogP contribution is 2.24. The molecule has 8 heteroatoms. The van der Waals surface area contributed by atoms with E-state index in [-0.39, 0.29) is 18.3 Å². The van der Waals surface area contributed by atoms with Crippen LogP contribution in [-0.4, -0.2) is 35.4 Å². The Kier molecular flexibility index (Phi) is 5.55. The highest BCUT2D eigenvalue weighted by atomic mass is 19.4. The summed E-state index contributed by atoms with van der Waals surface area (Å²) in [4.78, 5) is 12.8. The molecule has 27 heavy (non-hydrogen) atoms. The molecule has 0 radical (unpaired) electrons. The standard InChI is InChI=1S/C19H18F3NO4/c20-19(21,22)27-17-3-1-2-14(8-17)12-26-16-6-4-13(5-7-16)9-23-10-15(11-23)18(24)25/h1-8,15H,9-12H2,(H,24,25). The van der Waals surface area contributed by atoms with Gasteiger partial charge in [-0.2, -0.15) is 0 Å². The van der Waals surface area contributed by atoms with Crippen LogP contribution in [0.3, 0.4) is 0 Å².